The lowest BCUT2D eigenvalue weighted by Crippen LogP contribution is -2.26. The molecule has 0 saturated heterocycles. The topological polar surface area (TPSA) is 0 Å². The summed E-state index contributed by atoms with van der Waals surface area (Å²) in [7, 11) is 0. The summed E-state index contributed by atoms with van der Waals surface area (Å²) in [5.74, 6) is 0.998. The SMILES string of the molecule is CC1(C)[C@H]2C[CH][C@@]1(C)CC2. The van der Waals surface area contributed by atoms with Crippen molar-refractivity contribution in [3.05, 3.63) is 6.42 Å². The summed E-state index contributed by atoms with van der Waals surface area (Å²) in [4.78, 5) is 0. The summed E-state index contributed by atoms with van der Waals surface area (Å²) in [6, 6.07) is 0. The van der Waals surface area contributed by atoms with Crippen LogP contribution >= 0.6 is 0 Å². The summed E-state index contributed by atoms with van der Waals surface area (Å²) >= 11 is 0. The molecule has 2 saturated carbocycles. The summed E-state index contributed by atoms with van der Waals surface area (Å²) in [6.45, 7) is 7.31. The van der Waals surface area contributed by atoms with Crippen molar-refractivity contribution in [2.45, 2.75) is 40.0 Å². The Bertz CT molecular complexity index is 145. The molecule has 0 spiro atoms. The molecule has 0 aromatic heterocycles. The van der Waals surface area contributed by atoms with Gasteiger partial charge in [0.25, 0.3) is 0 Å². The van der Waals surface area contributed by atoms with Gasteiger partial charge < -0.3 is 0 Å². The van der Waals surface area contributed by atoms with Gasteiger partial charge in [-0.25, -0.2) is 0 Å². The van der Waals surface area contributed by atoms with Gasteiger partial charge in [-0.15, -0.1) is 0 Å². The van der Waals surface area contributed by atoms with Gasteiger partial charge in [0.15, 0.2) is 0 Å². The highest BCUT2D eigenvalue weighted by Crippen LogP contribution is 2.64. The molecular formula is C10H17. The van der Waals surface area contributed by atoms with Gasteiger partial charge in [-0.1, -0.05) is 20.8 Å². The largest absolute Gasteiger partial charge is 0.0591 e. The fourth-order valence-electron chi connectivity index (χ4n) is 2.80. The van der Waals surface area contributed by atoms with Gasteiger partial charge in [-0.3, -0.25) is 0 Å². The van der Waals surface area contributed by atoms with Crippen molar-refractivity contribution >= 4 is 0 Å². The van der Waals surface area contributed by atoms with Gasteiger partial charge in [0.2, 0.25) is 0 Å². The molecule has 2 fully saturated rings. The monoisotopic (exact) mass is 137 g/mol. The van der Waals surface area contributed by atoms with E-state index in [9.17, 15) is 0 Å². The Morgan fingerprint density at radius 2 is 2.00 bits per heavy atom. The maximum absolute atomic E-state index is 2.56. The Kier molecular flexibility index (Phi) is 1.07. The van der Waals surface area contributed by atoms with Crippen molar-refractivity contribution in [1.82, 2.24) is 0 Å². The summed E-state index contributed by atoms with van der Waals surface area (Å²) in [5.41, 5.74) is 1.19. The van der Waals surface area contributed by atoms with Crippen molar-refractivity contribution in [3.8, 4) is 0 Å². The zero-order valence-corrected chi connectivity index (χ0v) is 7.28. The molecule has 0 aromatic rings. The molecule has 0 aromatic carbocycles. The minimum atomic E-state index is 0.581. The molecule has 0 heterocycles. The van der Waals surface area contributed by atoms with Gasteiger partial charge in [-0.05, 0) is 42.4 Å². The number of hydrogen-bond acceptors (Lipinski definition) is 0. The molecule has 10 heavy (non-hydrogen) atoms. The van der Waals surface area contributed by atoms with E-state index in [1.807, 2.05) is 0 Å². The fraction of sp³-hybridized carbons (Fsp3) is 0.900. The molecule has 2 bridgehead atoms. The van der Waals surface area contributed by atoms with Gasteiger partial charge in [0.1, 0.15) is 0 Å². The summed E-state index contributed by atoms with van der Waals surface area (Å²) in [6.07, 6.45) is 6.84. The van der Waals surface area contributed by atoms with Crippen LogP contribution in [0.3, 0.4) is 0 Å². The predicted octanol–water partition coefficient (Wildman–Crippen LogP) is 3.04. The van der Waals surface area contributed by atoms with Gasteiger partial charge in [0, 0.05) is 0 Å². The van der Waals surface area contributed by atoms with Crippen molar-refractivity contribution in [1.29, 1.82) is 0 Å². The third kappa shape index (κ3) is 0.538. The molecule has 0 N–H and O–H groups in total. The second-order valence-electron chi connectivity index (χ2n) is 4.81. The predicted molar refractivity (Wildman–Crippen MR) is 43.5 cm³/mol. The zero-order valence-electron chi connectivity index (χ0n) is 7.28. The Morgan fingerprint density at radius 1 is 1.30 bits per heavy atom. The van der Waals surface area contributed by atoms with E-state index >= 15 is 0 Å². The molecular weight excluding hydrogens is 120 g/mol. The molecule has 0 unspecified atom stereocenters. The average molecular weight is 137 g/mol. The molecule has 0 amide bonds. The van der Waals surface area contributed by atoms with E-state index in [2.05, 4.69) is 27.2 Å². The highest BCUT2D eigenvalue weighted by molar-refractivity contribution is 5.14. The van der Waals surface area contributed by atoms with Crippen LogP contribution in [-0.2, 0) is 0 Å². The first-order valence-corrected chi connectivity index (χ1v) is 4.41. The second kappa shape index (κ2) is 1.60. The second-order valence-corrected chi connectivity index (χ2v) is 4.81. The quantitative estimate of drug-likeness (QED) is 0.481. The first-order valence-electron chi connectivity index (χ1n) is 4.41. The van der Waals surface area contributed by atoms with Gasteiger partial charge in [0.05, 0.1) is 0 Å². The molecule has 2 atom stereocenters. The van der Waals surface area contributed by atoms with E-state index in [-0.39, 0.29) is 0 Å². The van der Waals surface area contributed by atoms with Crippen molar-refractivity contribution < 1.29 is 0 Å². The molecule has 0 aliphatic heterocycles. The fourth-order valence-corrected chi connectivity index (χ4v) is 2.80. The number of hydrogen-bond donors (Lipinski definition) is 0. The average Bonchev–Trinajstić information content (AvgIpc) is 2.18. The molecule has 2 aliphatic rings. The van der Waals surface area contributed by atoms with E-state index in [1.165, 1.54) is 19.3 Å². The normalized spacial score (nSPS) is 50.1. The van der Waals surface area contributed by atoms with E-state index in [1.54, 1.807) is 0 Å². The molecule has 2 aliphatic carbocycles. The molecule has 2 rings (SSSR count). The lowest BCUT2D eigenvalue weighted by Gasteiger charge is -2.34. The van der Waals surface area contributed by atoms with E-state index in [4.69, 9.17) is 0 Å². The van der Waals surface area contributed by atoms with Crippen LogP contribution in [-0.4, -0.2) is 0 Å². The van der Waals surface area contributed by atoms with Crippen LogP contribution in [0.15, 0.2) is 0 Å². The third-order valence-electron chi connectivity index (χ3n) is 4.36. The van der Waals surface area contributed by atoms with E-state index in [0.29, 0.717) is 10.8 Å². The highest BCUT2D eigenvalue weighted by atomic mass is 14.6. The Labute approximate surface area is 64.0 Å². The first kappa shape index (κ1) is 6.69. The lowest BCUT2D eigenvalue weighted by molar-refractivity contribution is 0.177. The Balaban J connectivity index is 2.37. The van der Waals surface area contributed by atoms with Crippen LogP contribution in [0, 0.1) is 23.2 Å². The summed E-state index contributed by atoms with van der Waals surface area (Å²) in [5, 5.41) is 0. The van der Waals surface area contributed by atoms with Crippen molar-refractivity contribution in [2.24, 2.45) is 16.7 Å². The van der Waals surface area contributed by atoms with Gasteiger partial charge in [-0.2, -0.15) is 0 Å². The molecule has 1 radical (unpaired) electrons. The minimum absolute atomic E-state index is 0.581. The zero-order chi connectivity index (χ0) is 7.41. The Morgan fingerprint density at radius 3 is 2.10 bits per heavy atom. The van der Waals surface area contributed by atoms with Crippen LogP contribution in [0.1, 0.15) is 40.0 Å². The van der Waals surface area contributed by atoms with Crippen LogP contribution in [0.4, 0.5) is 0 Å². The summed E-state index contributed by atoms with van der Waals surface area (Å²) < 4.78 is 0. The maximum atomic E-state index is 2.56. The first-order chi connectivity index (χ1) is 4.56. The number of rotatable bonds is 0. The minimum Gasteiger partial charge on any atom is -0.0591 e. The van der Waals surface area contributed by atoms with Gasteiger partial charge >= 0.3 is 0 Å². The Hall–Kier alpha value is 0. The number of fused-ring (bicyclic) bond motifs is 2. The smallest absolute Gasteiger partial charge is 0.0241 e. The lowest BCUT2D eigenvalue weighted by atomic mass is 9.71. The maximum Gasteiger partial charge on any atom is -0.0241 e. The molecule has 0 nitrogen and oxygen atoms in total. The van der Waals surface area contributed by atoms with Crippen LogP contribution in [0.25, 0.3) is 0 Å². The van der Waals surface area contributed by atoms with E-state index in [0.717, 1.165) is 5.92 Å². The van der Waals surface area contributed by atoms with Crippen molar-refractivity contribution in [2.75, 3.05) is 0 Å². The molecule has 57 valence electrons. The van der Waals surface area contributed by atoms with E-state index < -0.39 is 0 Å². The third-order valence-corrected chi connectivity index (χ3v) is 4.36. The highest BCUT2D eigenvalue weighted by Gasteiger charge is 2.55. The molecule has 0 heteroatoms. The standard InChI is InChI=1S/C10H17/c1-9(2)8-4-6-10(9,3)7-5-8/h6,8H,4-5,7H2,1-3H3/t8-,10-/m0/s1. The van der Waals surface area contributed by atoms with Crippen LogP contribution in [0.2, 0.25) is 0 Å². The van der Waals surface area contributed by atoms with Crippen LogP contribution in [0.5, 0.6) is 0 Å². The van der Waals surface area contributed by atoms with Crippen LogP contribution < -0.4 is 0 Å². The van der Waals surface area contributed by atoms with Crippen molar-refractivity contribution in [3.63, 3.8) is 0 Å².